The minimum absolute atomic E-state index is 0.115. The molecule has 0 aromatic carbocycles. The van der Waals surface area contributed by atoms with E-state index in [0.717, 1.165) is 10.6 Å². The number of likely N-dealkylation sites (N-methyl/N-ethyl adjacent to an activating group) is 1. The Balaban J connectivity index is 1.73. The van der Waals surface area contributed by atoms with Gasteiger partial charge in [0.25, 0.3) is 5.91 Å². The maximum Gasteiger partial charge on any atom is 0.268 e. The van der Waals surface area contributed by atoms with Crippen LogP contribution in [0.1, 0.15) is 17.0 Å². The summed E-state index contributed by atoms with van der Waals surface area (Å²) in [5.41, 5.74) is 3.40. The molecule has 1 aromatic rings. The summed E-state index contributed by atoms with van der Waals surface area (Å²) in [7, 11) is 1.59. The number of aromatic nitrogens is 1. The second-order valence-corrected chi connectivity index (χ2v) is 7.78. The first-order chi connectivity index (χ1) is 14.4. The van der Waals surface area contributed by atoms with Crippen molar-refractivity contribution in [1.29, 1.82) is 5.41 Å². The Morgan fingerprint density at radius 1 is 1.47 bits per heavy atom. The molecule has 1 atom stereocenters. The van der Waals surface area contributed by atoms with Gasteiger partial charge in [-0.25, -0.2) is 4.98 Å². The fraction of sp³-hybridized carbons (Fsp3) is 0.400. The van der Waals surface area contributed by atoms with Gasteiger partial charge in [0.1, 0.15) is 24.1 Å². The van der Waals surface area contributed by atoms with Crippen molar-refractivity contribution in [2.24, 2.45) is 0 Å². The molecule has 9 nitrogen and oxygen atoms in total. The maximum atomic E-state index is 12.8. The number of nitrogens with zero attached hydrogens (tertiary/aromatic N) is 2. The van der Waals surface area contributed by atoms with Crippen LogP contribution >= 0.6 is 11.3 Å². The number of hydrogen-bond acceptors (Lipinski definition) is 8. The lowest BCUT2D eigenvalue weighted by molar-refractivity contribution is -0.132. The quantitative estimate of drug-likeness (QED) is 0.447. The summed E-state index contributed by atoms with van der Waals surface area (Å²) >= 11 is 1.51. The fourth-order valence-corrected chi connectivity index (χ4v) is 3.94. The van der Waals surface area contributed by atoms with Crippen LogP contribution in [-0.4, -0.2) is 65.3 Å². The Hall–Kier alpha value is -2.98. The van der Waals surface area contributed by atoms with E-state index >= 15 is 0 Å². The zero-order valence-corrected chi connectivity index (χ0v) is 17.7. The van der Waals surface area contributed by atoms with Crippen LogP contribution in [-0.2, 0) is 20.9 Å². The number of amides is 2. The Morgan fingerprint density at radius 3 is 2.93 bits per heavy atom. The van der Waals surface area contributed by atoms with Crippen molar-refractivity contribution in [3.63, 3.8) is 0 Å². The van der Waals surface area contributed by atoms with Crippen molar-refractivity contribution in [3.8, 4) is 0 Å². The van der Waals surface area contributed by atoms with Crippen molar-refractivity contribution in [1.82, 2.24) is 20.5 Å². The standard InChI is InChI=1S/C20H25N5O4S/c1-12-17(30-11-23-12)10-29-13-3-4-15(21)14(9-13)18(22-2)19(27)24-16-5-6-25(7-8-26)20(16)28/h3-4,9,11,16,21-22,26H,5-8,10H2,1-2H3,(H,24,27)/b18-14-,21-15?. The lowest BCUT2D eigenvalue weighted by atomic mass is 10.0. The number of aliphatic hydroxyl groups is 1. The molecule has 3 rings (SSSR count). The molecule has 1 unspecified atom stereocenters. The zero-order valence-electron chi connectivity index (χ0n) is 16.9. The second kappa shape index (κ2) is 9.68. The average Bonchev–Trinajstić information content (AvgIpc) is 3.29. The average molecular weight is 432 g/mol. The van der Waals surface area contributed by atoms with Gasteiger partial charge in [0.2, 0.25) is 5.91 Å². The molecule has 160 valence electrons. The molecular weight excluding hydrogens is 406 g/mol. The second-order valence-electron chi connectivity index (χ2n) is 6.85. The fourth-order valence-electron chi connectivity index (χ4n) is 3.25. The largest absolute Gasteiger partial charge is 0.488 e. The monoisotopic (exact) mass is 431 g/mol. The highest BCUT2D eigenvalue weighted by Gasteiger charge is 2.33. The normalized spacial score (nSPS) is 20.3. The molecule has 1 aliphatic carbocycles. The van der Waals surface area contributed by atoms with Gasteiger partial charge in [-0.3, -0.25) is 9.59 Å². The third-order valence-corrected chi connectivity index (χ3v) is 5.83. The summed E-state index contributed by atoms with van der Waals surface area (Å²) in [5.74, 6) is -0.151. The van der Waals surface area contributed by atoms with Crippen molar-refractivity contribution < 1.29 is 19.4 Å². The number of rotatable bonds is 8. The molecular formula is C20H25N5O4S. The number of thiazole rings is 1. The van der Waals surface area contributed by atoms with Gasteiger partial charge in [-0.05, 0) is 31.6 Å². The van der Waals surface area contributed by atoms with E-state index in [-0.39, 0.29) is 30.5 Å². The van der Waals surface area contributed by atoms with Crippen LogP contribution in [0.15, 0.2) is 40.8 Å². The Labute approximate surface area is 178 Å². The van der Waals surface area contributed by atoms with Crippen LogP contribution in [0.2, 0.25) is 0 Å². The molecule has 0 saturated carbocycles. The van der Waals surface area contributed by atoms with Crippen LogP contribution in [0.4, 0.5) is 0 Å². The molecule has 1 fully saturated rings. The third-order valence-electron chi connectivity index (χ3n) is 4.92. The lowest BCUT2D eigenvalue weighted by Gasteiger charge is -2.19. The molecule has 1 aromatic heterocycles. The number of allylic oxidation sites excluding steroid dienone is 4. The van der Waals surface area contributed by atoms with Crippen molar-refractivity contribution in [3.05, 3.63) is 51.3 Å². The van der Waals surface area contributed by atoms with Gasteiger partial charge in [-0.1, -0.05) is 0 Å². The van der Waals surface area contributed by atoms with Crippen LogP contribution in [0.5, 0.6) is 0 Å². The molecule has 2 aliphatic rings. The number of β-amino-alcohol motifs (C(OH)–C–C–N with tert-alkyl or cyclic N) is 1. The van der Waals surface area contributed by atoms with E-state index in [0.29, 0.717) is 30.9 Å². The maximum absolute atomic E-state index is 12.8. The first-order valence-corrected chi connectivity index (χ1v) is 10.5. The van der Waals surface area contributed by atoms with E-state index in [9.17, 15) is 9.59 Å². The summed E-state index contributed by atoms with van der Waals surface area (Å²) < 4.78 is 5.82. The molecule has 30 heavy (non-hydrogen) atoms. The van der Waals surface area contributed by atoms with E-state index in [4.69, 9.17) is 15.3 Å². The Bertz CT molecular complexity index is 933. The molecule has 1 aliphatic heterocycles. The molecule has 0 spiro atoms. The molecule has 10 heteroatoms. The number of nitrogens with one attached hydrogen (secondary N) is 3. The minimum atomic E-state index is -0.643. The summed E-state index contributed by atoms with van der Waals surface area (Å²) in [6.45, 7) is 2.89. The van der Waals surface area contributed by atoms with Crippen molar-refractivity contribution in [2.75, 3.05) is 26.7 Å². The highest BCUT2D eigenvalue weighted by Crippen LogP contribution is 2.21. The first-order valence-electron chi connectivity index (χ1n) is 9.57. The number of likely N-dealkylation sites (tertiary alicyclic amines) is 1. The zero-order chi connectivity index (χ0) is 21.7. The van der Waals surface area contributed by atoms with Crippen LogP contribution in [0.25, 0.3) is 0 Å². The lowest BCUT2D eigenvalue weighted by Crippen LogP contribution is -2.44. The summed E-state index contributed by atoms with van der Waals surface area (Å²) in [4.78, 5) is 31.9. The number of hydrogen-bond donors (Lipinski definition) is 4. The number of aliphatic hydroxyl groups excluding tert-OH is 1. The third kappa shape index (κ3) is 4.77. The number of aryl methyl sites for hydroxylation is 1. The van der Waals surface area contributed by atoms with Gasteiger partial charge in [-0.2, -0.15) is 0 Å². The van der Waals surface area contributed by atoms with Gasteiger partial charge < -0.3 is 30.8 Å². The Kier molecular flexibility index (Phi) is 7.01. The Morgan fingerprint density at radius 2 is 2.27 bits per heavy atom. The molecule has 4 N–H and O–H groups in total. The van der Waals surface area contributed by atoms with Gasteiger partial charge >= 0.3 is 0 Å². The van der Waals surface area contributed by atoms with Crippen molar-refractivity contribution in [2.45, 2.75) is 26.0 Å². The predicted octanol–water partition coefficient (Wildman–Crippen LogP) is 0.624. The van der Waals surface area contributed by atoms with Crippen LogP contribution in [0, 0.1) is 12.3 Å². The molecule has 2 amide bonds. The van der Waals surface area contributed by atoms with E-state index in [1.807, 2.05) is 6.92 Å². The SMILES string of the molecule is CN/C(C(=O)NC1CCN(CCO)C1=O)=C1/C=C(OCc2scnc2C)C=CC1=N. The number of carbonyl (C=O) groups excluding carboxylic acids is 2. The topological polar surface area (TPSA) is 128 Å². The molecule has 0 bridgehead atoms. The van der Waals surface area contributed by atoms with Crippen LogP contribution in [0.3, 0.4) is 0 Å². The summed E-state index contributed by atoms with van der Waals surface area (Å²) in [5, 5.41) is 22.8. The van der Waals surface area contributed by atoms with Gasteiger partial charge in [-0.15, -0.1) is 11.3 Å². The smallest absolute Gasteiger partial charge is 0.268 e. The first kappa shape index (κ1) is 21.7. The van der Waals surface area contributed by atoms with E-state index in [1.54, 1.807) is 30.8 Å². The molecule has 1 saturated heterocycles. The number of ether oxygens (including phenoxy) is 1. The number of carbonyl (C=O) groups is 2. The van der Waals surface area contributed by atoms with Gasteiger partial charge in [0.15, 0.2) is 0 Å². The van der Waals surface area contributed by atoms with Crippen molar-refractivity contribution >= 4 is 28.9 Å². The highest BCUT2D eigenvalue weighted by atomic mass is 32.1. The van der Waals surface area contributed by atoms with E-state index < -0.39 is 11.9 Å². The highest BCUT2D eigenvalue weighted by molar-refractivity contribution is 7.09. The molecule has 0 radical (unpaired) electrons. The summed E-state index contributed by atoms with van der Waals surface area (Å²) in [6.07, 6.45) is 5.37. The van der Waals surface area contributed by atoms with E-state index in [2.05, 4.69) is 15.6 Å². The summed E-state index contributed by atoms with van der Waals surface area (Å²) in [6, 6.07) is -0.643. The van der Waals surface area contributed by atoms with Crippen LogP contribution < -0.4 is 10.6 Å². The predicted molar refractivity (Wildman–Crippen MR) is 113 cm³/mol. The van der Waals surface area contributed by atoms with Gasteiger partial charge in [0.05, 0.1) is 28.4 Å². The minimum Gasteiger partial charge on any atom is -0.488 e. The molecule has 2 heterocycles. The van der Waals surface area contributed by atoms with Gasteiger partial charge in [0, 0.05) is 25.7 Å². The van der Waals surface area contributed by atoms with E-state index in [1.165, 1.54) is 16.2 Å².